The van der Waals surface area contributed by atoms with Crippen LogP contribution in [0.5, 0.6) is 0 Å². The monoisotopic (exact) mass is 316 g/mol. The number of amides is 1. The van der Waals surface area contributed by atoms with Crippen molar-refractivity contribution in [1.29, 1.82) is 0 Å². The van der Waals surface area contributed by atoms with Crippen molar-refractivity contribution in [3.63, 3.8) is 0 Å². The molecule has 3 rings (SSSR count). The van der Waals surface area contributed by atoms with Crippen LogP contribution in [-0.4, -0.2) is 33.9 Å². The van der Waals surface area contributed by atoms with Gasteiger partial charge in [0.25, 0.3) is 5.91 Å². The predicted molar refractivity (Wildman–Crippen MR) is 83.4 cm³/mol. The van der Waals surface area contributed by atoms with E-state index in [1.807, 2.05) is 0 Å². The minimum atomic E-state index is -0.580. The smallest absolute Gasteiger partial charge is 0.272 e. The minimum absolute atomic E-state index is 0.341. The van der Waals surface area contributed by atoms with Crippen LogP contribution in [0.4, 0.5) is 16.0 Å². The third kappa shape index (κ3) is 3.91. The van der Waals surface area contributed by atoms with Crippen molar-refractivity contribution >= 4 is 17.5 Å². The summed E-state index contributed by atoms with van der Waals surface area (Å²) in [6.45, 7) is 1.90. The summed E-state index contributed by atoms with van der Waals surface area (Å²) in [4.78, 5) is 26.1. The van der Waals surface area contributed by atoms with E-state index in [0.29, 0.717) is 17.2 Å². The van der Waals surface area contributed by atoms with Gasteiger partial charge in [0.1, 0.15) is 0 Å². The molecule has 23 heavy (non-hydrogen) atoms. The second-order valence-electron chi connectivity index (χ2n) is 5.27. The van der Waals surface area contributed by atoms with Gasteiger partial charge in [0.15, 0.2) is 0 Å². The van der Waals surface area contributed by atoms with Gasteiger partial charge >= 0.3 is 0 Å². The third-order valence-electron chi connectivity index (χ3n) is 3.59. The zero-order chi connectivity index (χ0) is 16.1. The number of pyridine rings is 1. The fourth-order valence-electron chi connectivity index (χ4n) is 2.35. The van der Waals surface area contributed by atoms with Crippen LogP contribution in [0.15, 0.2) is 30.7 Å². The maximum absolute atomic E-state index is 12.7. The van der Waals surface area contributed by atoms with E-state index in [-0.39, 0.29) is 5.91 Å². The Hall–Kier alpha value is -2.77. The molecule has 0 aromatic carbocycles. The first-order valence-corrected chi connectivity index (χ1v) is 7.47. The van der Waals surface area contributed by atoms with Crippen LogP contribution in [0.2, 0.25) is 0 Å². The molecule has 1 fully saturated rings. The van der Waals surface area contributed by atoms with Crippen molar-refractivity contribution in [2.75, 3.05) is 23.4 Å². The molecule has 0 aliphatic carbocycles. The van der Waals surface area contributed by atoms with Crippen molar-refractivity contribution in [3.05, 3.63) is 42.2 Å². The molecular formula is C15H17FN6O. The first-order valence-electron chi connectivity index (χ1n) is 7.47. The van der Waals surface area contributed by atoms with Crippen molar-refractivity contribution in [3.8, 4) is 0 Å². The molecule has 0 radical (unpaired) electrons. The summed E-state index contributed by atoms with van der Waals surface area (Å²) in [6, 6.07) is 2.67. The molecule has 0 spiro atoms. The number of hydrogen-bond donors (Lipinski definition) is 2. The number of nitrogens with one attached hydrogen (secondary N) is 2. The second kappa shape index (κ2) is 6.99. The number of aromatic nitrogens is 3. The van der Waals surface area contributed by atoms with E-state index in [9.17, 15) is 9.18 Å². The number of hydrogen-bond acceptors (Lipinski definition) is 6. The largest absolute Gasteiger partial charge is 0.341 e. The molecular weight excluding hydrogens is 299 g/mol. The van der Waals surface area contributed by atoms with Crippen molar-refractivity contribution in [2.45, 2.75) is 19.3 Å². The van der Waals surface area contributed by atoms with Gasteiger partial charge in [0, 0.05) is 25.5 Å². The summed E-state index contributed by atoms with van der Waals surface area (Å²) in [5.41, 5.74) is 5.96. The summed E-state index contributed by atoms with van der Waals surface area (Å²) >= 11 is 0. The molecule has 1 amide bonds. The molecule has 2 N–H and O–H groups in total. The summed E-state index contributed by atoms with van der Waals surface area (Å²) in [6.07, 6.45) is 7.79. The molecule has 7 nitrogen and oxygen atoms in total. The number of carbonyl (C=O) groups is 1. The predicted octanol–water partition coefficient (Wildman–Crippen LogP) is 1.76. The maximum Gasteiger partial charge on any atom is 0.272 e. The average molecular weight is 316 g/mol. The Morgan fingerprint density at radius 3 is 2.43 bits per heavy atom. The fraction of sp³-hybridized carbons (Fsp3) is 0.333. The van der Waals surface area contributed by atoms with Crippen LogP contribution in [0.25, 0.3) is 0 Å². The van der Waals surface area contributed by atoms with Crippen LogP contribution in [-0.2, 0) is 0 Å². The van der Waals surface area contributed by atoms with Crippen molar-refractivity contribution in [2.24, 2.45) is 0 Å². The molecule has 8 heteroatoms. The number of piperidine rings is 1. The van der Waals surface area contributed by atoms with Crippen molar-refractivity contribution in [1.82, 2.24) is 20.4 Å². The number of nitrogens with zero attached hydrogens (tertiary/aromatic N) is 4. The topological polar surface area (TPSA) is 83.0 Å². The van der Waals surface area contributed by atoms with Crippen molar-refractivity contribution < 1.29 is 9.18 Å². The van der Waals surface area contributed by atoms with Crippen LogP contribution in [0.1, 0.15) is 29.6 Å². The zero-order valence-electron chi connectivity index (χ0n) is 12.5. The quantitative estimate of drug-likeness (QED) is 0.660. The lowest BCUT2D eigenvalue weighted by molar-refractivity contribution is 0.0962. The molecule has 120 valence electrons. The Bertz CT molecular complexity index is 655. The summed E-state index contributed by atoms with van der Waals surface area (Å²) in [5, 5.41) is 0. The molecule has 3 heterocycles. The first kappa shape index (κ1) is 15.1. The van der Waals surface area contributed by atoms with E-state index in [4.69, 9.17) is 0 Å². The molecule has 0 atom stereocenters. The highest BCUT2D eigenvalue weighted by Gasteiger charge is 2.14. The zero-order valence-corrected chi connectivity index (χ0v) is 12.5. The van der Waals surface area contributed by atoms with E-state index in [1.165, 1.54) is 37.1 Å². The number of hydrazine groups is 1. The van der Waals surface area contributed by atoms with Gasteiger partial charge in [-0.25, -0.2) is 15.0 Å². The average Bonchev–Trinajstić information content (AvgIpc) is 2.62. The van der Waals surface area contributed by atoms with Gasteiger partial charge in [-0.1, -0.05) is 0 Å². The number of halogens is 1. The molecule has 0 bridgehead atoms. The van der Waals surface area contributed by atoms with Gasteiger partial charge in [0.2, 0.25) is 11.9 Å². The van der Waals surface area contributed by atoms with E-state index >= 15 is 0 Å². The Kier molecular flexibility index (Phi) is 4.60. The maximum atomic E-state index is 12.7. The Labute approximate surface area is 132 Å². The van der Waals surface area contributed by atoms with Gasteiger partial charge in [-0.2, -0.15) is 4.39 Å². The minimum Gasteiger partial charge on any atom is -0.341 e. The van der Waals surface area contributed by atoms with E-state index in [0.717, 1.165) is 25.9 Å². The van der Waals surface area contributed by atoms with Crippen LogP contribution < -0.4 is 15.8 Å². The normalized spacial score (nSPS) is 14.4. The lowest BCUT2D eigenvalue weighted by Gasteiger charge is -2.26. The van der Waals surface area contributed by atoms with Gasteiger partial charge in [-0.3, -0.25) is 15.6 Å². The Morgan fingerprint density at radius 2 is 1.78 bits per heavy atom. The van der Waals surface area contributed by atoms with Gasteiger partial charge in [-0.05, 0) is 31.4 Å². The fourth-order valence-corrected chi connectivity index (χ4v) is 2.35. The van der Waals surface area contributed by atoms with E-state index in [1.54, 1.807) is 0 Å². The second-order valence-corrected chi connectivity index (χ2v) is 5.27. The van der Waals surface area contributed by atoms with Crippen LogP contribution in [0.3, 0.4) is 0 Å². The Balaban J connectivity index is 1.57. The van der Waals surface area contributed by atoms with E-state index in [2.05, 4.69) is 30.7 Å². The van der Waals surface area contributed by atoms with Gasteiger partial charge in [-0.15, -0.1) is 0 Å². The summed E-state index contributed by atoms with van der Waals surface area (Å²) in [5.74, 6) is -0.306. The molecule has 1 saturated heterocycles. The van der Waals surface area contributed by atoms with Gasteiger partial charge < -0.3 is 4.90 Å². The Morgan fingerprint density at radius 1 is 1.04 bits per heavy atom. The molecule has 1 aliphatic heterocycles. The lowest BCUT2D eigenvalue weighted by Crippen LogP contribution is -2.32. The molecule has 1 aliphatic rings. The number of rotatable bonds is 4. The molecule has 2 aromatic heterocycles. The number of carbonyl (C=O) groups excluding carboxylic acids is 1. The molecule has 0 unspecified atom stereocenters. The van der Waals surface area contributed by atoms with E-state index < -0.39 is 5.95 Å². The standard InChI is InChI=1S/C15H17FN6O/c16-13-5-4-12(10-17-13)20-21-14(23)11-8-18-15(19-9-11)22-6-2-1-3-7-22/h4-5,8-10,20H,1-3,6-7H2,(H,21,23). The molecule has 2 aromatic rings. The SMILES string of the molecule is O=C(NNc1ccc(F)nc1)c1cnc(N2CCCCC2)nc1. The highest BCUT2D eigenvalue weighted by Crippen LogP contribution is 2.15. The summed E-state index contributed by atoms with van der Waals surface area (Å²) < 4.78 is 12.7. The van der Waals surface area contributed by atoms with Crippen LogP contribution in [0, 0.1) is 5.95 Å². The highest BCUT2D eigenvalue weighted by molar-refractivity contribution is 5.94. The molecule has 0 saturated carbocycles. The van der Waals surface area contributed by atoms with Gasteiger partial charge in [0.05, 0.1) is 17.4 Å². The highest BCUT2D eigenvalue weighted by atomic mass is 19.1. The summed E-state index contributed by atoms with van der Waals surface area (Å²) in [7, 11) is 0. The first-order chi connectivity index (χ1) is 11.2. The third-order valence-corrected chi connectivity index (χ3v) is 3.59. The number of anilines is 2. The van der Waals surface area contributed by atoms with Crippen LogP contribution >= 0.6 is 0 Å². The lowest BCUT2D eigenvalue weighted by atomic mass is 10.1.